The average Bonchev–Trinajstić information content (AvgIpc) is 2.42. The predicted molar refractivity (Wildman–Crippen MR) is 71.9 cm³/mol. The van der Waals surface area contributed by atoms with Crippen molar-refractivity contribution < 1.29 is 9.84 Å². The van der Waals surface area contributed by atoms with E-state index in [-0.39, 0.29) is 12.0 Å². The van der Waals surface area contributed by atoms with Crippen LogP contribution in [0.1, 0.15) is 18.4 Å². The fourth-order valence-electron chi connectivity index (χ4n) is 3.04. The molecule has 0 spiro atoms. The van der Waals surface area contributed by atoms with Gasteiger partial charge in [-0.2, -0.15) is 0 Å². The zero-order valence-corrected chi connectivity index (χ0v) is 10.7. The fourth-order valence-corrected chi connectivity index (χ4v) is 3.04. The number of ether oxygens (including phenoxy) is 1. The summed E-state index contributed by atoms with van der Waals surface area (Å²) in [4.78, 5) is 2.42. The Labute approximate surface area is 108 Å². The summed E-state index contributed by atoms with van der Waals surface area (Å²) in [5, 5.41) is 10.0. The van der Waals surface area contributed by atoms with Gasteiger partial charge >= 0.3 is 0 Å². The first-order valence-electron chi connectivity index (χ1n) is 6.93. The van der Waals surface area contributed by atoms with Crippen molar-refractivity contribution in [1.29, 1.82) is 0 Å². The number of aliphatic hydroxyl groups excluding tert-OH is 1. The molecule has 0 bridgehead atoms. The topological polar surface area (TPSA) is 32.7 Å². The molecule has 0 saturated carbocycles. The van der Waals surface area contributed by atoms with E-state index in [0.717, 1.165) is 19.5 Å². The highest BCUT2D eigenvalue weighted by Crippen LogP contribution is 2.28. The van der Waals surface area contributed by atoms with Crippen LogP contribution in [-0.4, -0.2) is 37.5 Å². The Morgan fingerprint density at radius 1 is 1.33 bits per heavy atom. The van der Waals surface area contributed by atoms with Gasteiger partial charge in [0.15, 0.2) is 0 Å². The van der Waals surface area contributed by atoms with Gasteiger partial charge in [-0.1, -0.05) is 18.2 Å². The molecule has 1 aromatic carbocycles. The number of fused-ring (bicyclic) bond motifs is 1. The normalized spacial score (nSPS) is 27.9. The molecule has 3 nitrogen and oxygen atoms in total. The molecule has 0 aliphatic carbocycles. The third-order valence-corrected chi connectivity index (χ3v) is 4.10. The lowest BCUT2D eigenvalue weighted by atomic mass is 9.95. The molecular formula is C15H21NO2. The number of aliphatic hydroxyl groups is 1. The highest BCUT2D eigenvalue weighted by Gasteiger charge is 2.27. The van der Waals surface area contributed by atoms with Gasteiger partial charge in [-0.05, 0) is 30.9 Å². The molecule has 1 fully saturated rings. The standard InChI is InChI=1S/C15H21NO2/c17-15-7-9-18-11-13(15)10-16-8-3-5-12-4-1-2-6-14(12)16/h1-2,4,6,13,15,17H,3,5,7-11H2. The summed E-state index contributed by atoms with van der Waals surface area (Å²) in [7, 11) is 0. The number of para-hydroxylation sites is 1. The van der Waals surface area contributed by atoms with E-state index in [1.54, 1.807) is 0 Å². The SMILES string of the molecule is OC1CCOCC1CN1CCCc2ccccc21. The highest BCUT2D eigenvalue weighted by atomic mass is 16.5. The first-order chi connectivity index (χ1) is 8.84. The Morgan fingerprint density at radius 2 is 2.22 bits per heavy atom. The molecular weight excluding hydrogens is 226 g/mol. The zero-order valence-electron chi connectivity index (χ0n) is 10.7. The maximum absolute atomic E-state index is 10.0. The summed E-state index contributed by atoms with van der Waals surface area (Å²) >= 11 is 0. The van der Waals surface area contributed by atoms with Crippen LogP contribution in [0, 0.1) is 5.92 Å². The Hall–Kier alpha value is -1.06. The van der Waals surface area contributed by atoms with Crippen molar-refractivity contribution in [1.82, 2.24) is 0 Å². The number of nitrogens with zero attached hydrogens (tertiary/aromatic N) is 1. The molecule has 0 amide bonds. The number of rotatable bonds is 2. The second kappa shape index (κ2) is 5.29. The van der Waals surface area contributed by atoms with Crippen LogP contribution in [0.2, 0.25) is 0 Å². The van der Waals surface area contributed by atoms with Crippen LogP contribution < -0.4 is 4.90 Å². The Morgan fingerprint density at radius 3 is 3.11 bits per heavy atom. The molecule has 0 radical (unpaired) electrons. The first kappa shape index (κ1) is 12.0. The third kappa shape index (κ3) is 2.38. The zero-order chi connectivity index (χ0) is 12.4. The first-order valence-corrected chi connectivity index (χ1v) is 6.93. The average molecular weight is 247 g/mol. The van der Waals surface area contributed by atoms with Gasteiger partial charge < -0.3 is 14.7 Å². The largest absolute Gasteiger partial charge is 0.393 e. The van der Waals surface area contributed by atoms with E-state index in [1.807, 2.05) is 0 Å². The molecule has 98 valence electrons. The van der Waals surface area contributed by atoms with Gasteiger partial charge in [0.1, 0.15) is 0 Å². The maximum atomic E-state index is 10.0. The smallest absolute Gasteiger partial charge is 0.0629 e. The molecule has 3 heteroatoms. The molecule has 0 aromatic heterocycles. The van der Waals surface area contributed by atoms with Gasteiger partial charge in [-0.25, -0.2) is 0 Å². The molecule has 2 aliphatic rings. The van der Waals surface area contributed by atoms with Crippen molar-refractivity contribution >= 4 is 5.69 Å². The summed E-state index contributed by atoms with van der Waals surface area (Å²) in [6, 6.07) is 8.63. The fraction of sp³-hybridized carbons (Fsp3) is 0.600. The van der Waals surface area contributed by atoms with E-state index in [0.29, 0.717) is 13.2 Å². The summed E-state index contributed by atoms with van der Waals surface area (Å²) in [5.74, 6) is 0.255. The molecule has 2 atom stereocenters. The van der Waals surface area contributed by atoms with Crippen molar-refractivity contribution in [2.45, 2.75) is 25.4 Å². The van der Waals surface area contributed by atoms with Gasteiger partial charge in [0.05, 0.1) is 12.7 Å². The van der Waals surface area contributed by atoms with Crippen LogP contribution in [0.4, 0.5) is 5.69 Å². The second-order valence-corrected chi connectivity index (χ2v) is 5.37. The summed E-state index contributed by atoms with van der Waals surface area (Å²) in [6.07, 6.45) is 2.96. The molecule has 2 aliphatic heterocycles. The minimum Gasteiger partial charge on any atom is -0.393 e. The lowest BCUT2D eigenvalue weighted by Crippen LogP contribution is -2.42. The summed E-state index contributed by atoms with van der Waals surface area (Å²) in [5.41, 5.74) is 2.79. The monoisotopic (exact) mass is 247 g/mol. The maximum Gasteiger partial charge on any atom is 0.0629 e. The van der Waals surface area contributed by atoms with E-state index < -0.39 is 0 Å². The van der Waals surface area contributed by atoms with Crippen molar-refractivity contribution in [3.8, 4) is 0 Å². The van der Waals surface area contributed by atoms with E-state index in [1.165, 1.54) is 24.1 Å². The molecule has 1 aromatic rings. The second-order valence-electron chi connectivity index (χ2n) is 5.37. The van der Waals surface area contributed by atoms with Crippen LogP contribution in [-0.2, 0) is 11.2 Å². The Kier molecular flexibility index (Phi) is 3.52. The molecule has 2 unspecified atom stereocenters. The molecule has 18 heavy (non-hydrogen) atoms. The molecule has 1 saturated heterocycles. The Balaban J connectivity index is 1.73. The van der Waals surface area contributed by atoms with E-state index >= 15 is 0 Å². The third-order valence-electron chi connectivity index (χ3n) is 4.10. The molecule has 2 heterocycles. The number of benzene rings is 1. The predicted octanol–water partition coefficient (Wildman–Crippen LogP) is 1.84. The number of hydrogen-bond donors (Lipinski definition) is 1. The van der Waals surface area contributed by atoms with Crippen molar-refractivity contribution in [3.63, 3.8) is 0 Å². The minimum absolute atomic E-state index is 0.201. The minimum atomic E-state index is -0.201. The summed E-state index contributed by atoms with van der Waals surface area (Å²) in [6.45, 7) is 3.41. The van der Waals surface area contributed by atoms with Gasteiger partial charge in [0.2, 0.25) is 0 Å². The van der Waals surface area contributed by atoms with Gasteiger partial charge in [0, 0.05) is 31.3 Å². The van der Waals surface area contributed by atoms with Crippen LogP contribution >= 0.6 is 0 Å². The van der Waals surface area contributed by atoms with Gasteiger partial charge in [0.25, 0.3) is 0 Å². The van der Waals surface area contributed by atoms with Crippen LogP contribution in [0.5, 0.6) is 0 Å². The Bertz CT molecular complexity index is 407. The molecule has 1 N–H and O–H groups in total. The van der Waals surface area contributed by atoms with Crippen LogP contribution in [0.3, 0.4) is 0 Å². The van der Waals surface area contributed by atoms with Crippen molar-refractivity contribution in [2.75, 3.05) is 31.2 Å². The van der Waals surface area contributed by atoms with E-state index in [2.05, 4.69) is 29.2 Å². The van der Waals surface area contributed by atoms with Crippen molar-refractivity contribution in [2.24, 2.45) is 5.92 Å². The number of hydrogen-bond acceptors (Lipinski definition) is 3. The molecule has 3 rings (SSSR count). The lowest BCUT2D eigenvalue weighted by Gasteiger charge is -2.37. The lowest BCUT2D eigenvalue weighted by molar-refractivity contribution is -0.0324. The summed E-state index contributed by atoms with van der Waals surface area (Å²) < 4.78 is 5.50. The quantitative estimate of drug-likeness (QED) is 0.865. The van der Waals surface area contributed by atoms with Crippen LogP contribution in [0.15, 0.2) is 24.3 Å². The van der Waals surface area contributed by atoms with E-state index in [9.17, 15) is 5.11 Å². The number of aryl methyl sites for hydroxylation is 1. The highest BCUT2D eigenvalue weighted by molar-refractivity contribution is 5.55. The van der Waals surface area contributed by atoms with Crippen molar-refractivity contribution in [3.05, 3.63) is 29.8 Å². The van der Waals surface area contributed by atoms with E-state index in [4.69, 9.17) is 4.74 Å². The number of anilines is 1. The van der Waals surface area contributed by atoms with Gasteiger partial charge in [-0.15, -0.1) is 0 Å². The van der Waals surface area contributed by atoms with Crippen LogP contribution in [0.25, 0.3) is 0 Å². The van der Waals surface area contributed by atoms with Gasteiger partial charge in [-0.3, -0.25) is 0 Å².